The molecule has 0 saturated heterocycles. The van der Waals surface area contributed by atoms with Gasteiger partial charge in [0.1, 0.15) is 12.2 Å². The van der Waals surface area contributed by atoms with Crippen molar-refractivity contribution in [1.82, 2.24) is 20.1 Å². The highest BCUT2D eigenvalue weighted by Gasteiger charge is 2.23. The molecular formula is C21H22N4O3. The lowest BCUT2D eigenvalue weighted by atomic mass is 10.2. The van der Waals surface area contributed by atoms with Crippen molar-refractivity contribution in [1.29, 1.82) is 0 Å². The molecule has 3 aromatic rings. The minimum absolute atomic E-state index is 0.0896. The molecule has 7 heteroatoms. The maximum atomic E-state index is 12.7. The van der Waals surface area contributed by atoms with E-state index >= 15 is 0 Å². The molecule has 2 aromatic heterocycles. The van der Waals surface area contributed by atoms with Crippen LogP contribution in [0.4, 0.5) is 0 Å². The van der Waals surface area contributed by atoms with E-state index in [0.29, 0.717) is 12.1 Å². The number of pyridine rings is 1. The molecule has 1 aromatic carbocycles. The van der Waals surface area contributed by atoms with E-state index in [-0.39, 0.29) is 25.0 Å². The van der Waals surface area contributed by atoms with E-state index in [1.165, 1.54) is 11.3 Å². The van der Waals surface area contributed by atoms with Gasteiger partial charge in [-0.1, -0.05) is 18.2 Å². The van der Waals surface area contributed by atoms with E-state index in [9.17, 15) is 4.79 Å². The second-order valence-electron chi connectivity index (χ2n) is 6.58. The van der Waals surface area contributed by atoms with Gasteiger partial charge in [0.05, 0.1) is 24.5 Å². The number of nitrogens with one attached hydrogen (secondary N) is 1. The van der Waals surface area contributed by atoms with Crippen molar-refractivity contribution in [2.45, 2.75) is 25.8 Å². The van der Waals surface area contributed by atoms with E-state index in [4.69, 9.17) is 14.9 Å². The number of para-hydroxylation sites is 1. The first-order valence-corrected chi connectivity index (χ1v) is 9.40. The number of amides is 1. The molecule has 0 saturated carbocycles. The number of aliphatic hydroxyl groups is 1. The molecule has 0 bridgehead atoms. The first kappa shape index (κ1) is 18.2. The molecule has 2 N–H and O–H groups in total. The number of rotatable bonds is 7. The summed E-state index contributed by atoms with van der Waals surface area (Å²) in [6, 6.07) is 13.4. The molecule has 0 spiro atoms. The highest BCUT2D eigenvalue weighted by molar-refractivity contribution is 5.96. The van der Waals surface area contributed by atoms with Crippen molar-refractivity contribution >= 4 is 5.91 Å². The van der Waals surface area contributed by atoms with Gasteiger partial charge < -0.3 is 15.2 Å². The van der Waals surface area contributed by atoms with Gasteiger partial charge in [-0.15, -0.1) is 0 Å². The minimum Gasteiger partial charge on any atom is -0.475 e. The second kappa shape index (κ2) is 8.22. The maximum Gasteiger partial charge on any atom is 0.257 e. The Morgan fingerprint density at radius 3 is 2.86 bits per heavy atom. The molecule has 144 valence electrons. The first-order valence-electron chi connectivity index (χ1n) is 9.40. The van der Waals surface area contributed by atoms with Crippen LogP contribution in [0.2, 0.25) is 0 Å². The third-order valence-corrected chi connectivity index (χ3v) is 4.78. The standard InChI is InChI=1S/C21H22N4O3/c26-12-13-28-21-17(9-5-11-22-21)20(27)23-14-18-16-8-4-10-19(16)25(24-18)15-6-2-1-3-7-15/h1-3,5-7,9,11,26H,4,8,10,12-14H2,(H,23,27). The predicted molar refractivity (Wildman–Crippen MR) is 104 cm³/mol. The molecule has 0 aliphatic heterocycles. The molecule has 0 atom stereocenters. The van der Waals surface area contributed by atoms with Crippen LogP contribution in [0.3, 0.4) is 0 Å². The highest BCUT2D eigenvalue weighted by Crippen LogP contribution is 2.27. The Labute approximate surface area is 163 Å². The fourth-order valence-electron chi connectivity index (χ4n) is 3.52. The molecular weight excluding hydrogens is 356 g/mol. The number of fused-ring (bicyclic) bond motifs is 1. The van der Waals surface area contributed by atoms with Gasteiger partial charge in [-0.2, -0.15) is 5.10 Å². The molecule has 1 amide bonds. The molecule has 0 fully saturated rings. The van der Waals surface area contributed by atoms with Gasteiger partial charge in [-0.25, -0.2) is 9.67 Å². The molecule has 4 rings (SSSR count). The lowest BCUT2D eigenvalue weighted by Gasteiger charge is -2.09. The number of nitrogens with zero attached hydrogens (tertiary/aromatic N) is 3. The Morgan fingerprint density at radius 2 is 2.04 bits per heavy atom. The van der Waals surface area contributed by atoms with Crippen LogP contribution in [-0.2, 0) is 19.4 Å². The van der Waals surface area contributed by atoms with E-state index < -0.39 is 0 Å². The molecule has 0 unspecified atom stereocenters. The molecule has 2 heterocycles. The number of benzene rings is 1. The monoisotopic (exact) mass is 378 g/mol. The maximum absolute atomic E-state index is 12.7. The zero-order chi connectivity index (χ0) is 19.3. The van der Waals surface area contributed by atoms with Gasteiger partial charge in [0.15, 0.2) is 0 Å². The Hall–Kier alpha value is -3.19. The van der Waals surface area contributed by atoms with Crippen molar-refractivity contribution in [2.24, 2.45) is 0 Å². The summed E-state index contributed by atoms with van der Waals surface area (Å²) in [5.74, 6) is -0.0591. The lowest BCUT2D eigenvalue weighted by Crippen LogP contribution is -2.24. The minimum atomic E-state index is -0.276. The van der Waals surface area contributed by atoms with Crippen LogP contribution in [-0.4, -0.2) is 39.0 Å². The van der Waals surface area contributed by atoms with Crippen molar-refractivity contribution < 1.29 is 14.6 Å². The number of carbonyl (C=O) groups is 1. The van der Waals surface area contributed by atoms with Crippen LogP contribution in [0.15, 0.2) is 48.7 Å². The second-order valence-corrected chi connectivity index (χ2v) is 6.58. The largest absolute Gasteiger partial charge is 0.475 e. The van der Waals surface area contributed by atoms with E-state index in [2.05, 4.69) is 10.3 Å². The summed E-state index contributed by atoms with van der Waals surface area (Å²) in [5, 5.41) is 16.6. The van der Waals surface area contributed by atoms with Crippen LogP contribution in [0.1, 0.15) is 33.7 Å². The Morgan fingerprint density at radius 1 is 1.18 bits per heavy atom. The van der Waals surface area contributed by atoms with Crippen molar-refractivity contribution in [3.63, 3.8) is 0 Å². The van der Waals surface area contributed by atoms with Crippen molar-refractivity contribution in [3.05, 3.63) is 71.2 Å². The number of hydrogen-bond acceptors (Lipinski definition) is 5. The molecule has 0 radical (unpaired) electrons. The van der Waals surface area contributed by atoms with Gasteiger partial charge in [0.25, 0.3) is 5.91 Å². The van der Waals surface area contributed by atoms with Crippen molar-refractivity contribution in [2.75, 3.05) is 13.2 Å². The van der Waals surface area contributed by atoms with Crippen LogP contribution in [0, 0.1) is 0 Å². The first-order chi connectivity index (χ1) is 13.8. The average molecular weight is 378 g/mol. The topological polar surface area (TPSA) is 89.3 Å². The Balaban J connectivity index is 1.53. The van der Waals surface area contributed by atoms with Gasteiger partial charge >= 0.3 is 0 Å². The highest BCUT2D eigenvalue weighted by atomic mass is 16.5. The quantitative estimate of drug-likeness (QED) is 0.657. The zero-order valence-electron chi connectivity index (χ0n) is 15.5. The summed E-state index contributed by atoms with van der Waals surface area (Å²) in [7, 11) is 0. The average Bonchev–Trinajstić information content (AvgIpc) is 3.34. The number of aliphatic hydroxyl groups excluding tert-OH is 1. The number of aromatic nitrogens is 3. The van der Waals surface area contributed by atoms with Gasteiger partial charge in [-0.05, 0) is 49.1 Å². The number of ether oxygens (including phenoxy) is 1. The Kier molecular flexibility index (Phi) is 5.34. The summed E-state index contributed by atoms with van der Waals surface area (Å²) in [5.41, 5.74) is 4.72. The Bertz CT molecular complexity index is 969. The van der Waals surface area contributed by atoms with E-state index in [1.807, 2.05) is 35.0 Å². The summed E-state index contributed by atoms with van der Waals surface area (Å²) in [6.07, 6.45) is 4.62. The zero-order valence-corrected chi connectivity index (χ0v) is 15.5. The van der Waals surface area contributed by atoms with Crippen LogP contribution in [0.25, 0.3) is 5.69 Å². The summed E-state index contributed by atoms with van der Waals surface area (Å²) in [6.45, 7) is 0.294. The van der Waals surface area contributed by atoms with Crippen LogP contribution >= 0.6 is 0 Å². The SMILES string of the molecule is O=C(NCc1nn(-c2ccccc2)c2c1CCC2)c1cccnc1OCCO. The molecule has 1 aliphatic rings. The van der Waals surface area contributed by atoms with Crippen molar-refractivity contribution in [3.8, 4) is 11.6 Å². The fraction of sp³-hybridized carbons (Fsp3) is 0.286. The van der Waals surface area contributed by atoms with Crippen LogP contribution in [0.5, 0.6) is 5.88 Å². The molecule has 7 nitrogen and oxygen atoms in total. The number of hydrogen-bond donors (Lipinski definition) is 2. The van der Waals surface area contributed by atoms with Gasteiger partial charge in [-0.3, -0.25) is 4.79 Å². The third kappa shape index (κ3) is 3.61. The fourth-order valence-corrected chi connectivity index (χ4v) is 3.52. The molecule has 28 heavy (non-hydrogen) atoms. The summed E-state index contributed by atoms with van der Waals surface area (Å²) >= 11 is 0. The van der Waals surface area contributed by atoms with Crippen LogP contribution < -0.4 is 10.1 Å². The van der Waals surface area contributed by atoms with E-state index in [1.54, 1.807) is 18.3 Å². The number of carbonyl (C=O) groups excluding carboxylic acids is 1. The predicted octanol–water partition coefficient (Wildman–Crippen LogP) is 2.06. The summed E-state index contributed by atoms with van der Waals surface area (Å²) in [4.78, 5) is 16.7. The smallest absolute Gasteiger partial charge is 0.257 e. The molecule has 1 aliphatic carbocycles. The lowest BCUT2D eigenvalue weighted by molar-refractivity contribution is 0.0943. The van der Waals surface area contributed by atoms with E-state index in [0.717, 1.165) is 30.6 Å². The normalized spacial score (nSPS) is 12.6. The third-order valence-electron chi connectivity index (χ3n) is 4.78. The summed E-state index contributed by atoms with van der Waals surface area (Å²) < 4.78 is 7.34. The van der Waals surface area contributed by atoms with Gasteiger partial charge in [0.2, 0.25) is 5.88 Å². The van der Waals surface area contributed by atoms with Gasteiger partial charge in [0, 0.05) is 11.9 Å².